The molecular formula is C19H28ClNO3. The maximum atomic E-state index is 12.5. The first kappa shape index (κ1) is 19.2. The Morgan fingerprint density at radius 2 is 1.83 bits per heavy atom. The number of carbonyl (C=O) groups is 1. The van der Waals surface area contributed by atoms with Gasteiger partial charge in [-0.2, -0.15) is 0 Å². The third kappa shape index (κ3) is 3.46. The Balaban J connectivity index is 0.00000208. The molecule has 134 valence electrons. The zero-order chi connectivity index (χ0) is 16.4. The van der Waals surface area contributed by atoms with E-state index in [1.165, 1.54) is 12.8 Å². The van der Waals surface area contributed by atoms with Crippen molar-refractivity contribution in [3.8, 4) is 0 Å². The number of fused-ring (bicyclic) bond motifs is 2. The molecule has 2 heterocycles. The van der Waals surface area contributed by atoms with E-state index in [-0.39, 0.29) is 31.1 Å². The number of rotatable bonds is 5. The highest BCUT2D eigenvalue weighted by atomic mass is 35.5. The number of hydrogen-bond donors (Lipinski definition) is 1. The molecule has 0 radical (unpaired) electrons. The number of aliphatic hydroxyl groups is 1. The van der Waals surface area contributed by atoms with Crippen LogP contribution in [-0.4, -0.2) is 53.9 Å². The molecule has 2 saturated heterocycles. The van der Waals surface area contributed by atoms with Gasteiger partial charge in [0.1, 0.15) is 12.0 Å². The molecule has 5 heteroatoms. The fourth-order valence-corrected chi connectivity index (χ4v) is 4.55. The minimum atomic E-state index is -0.567. The van der Waals surface area contributed by atoms with Crippen molar-refractivity contribution in [2.75, 3.05) is 20.2 Å². The number of piperidine rings is 1. The van der Waals surface area contributed by atoms with Gasteiger partial charge in [-0.05, 0) is 12.5 Å². The predicted molar refractivity (Wildman–Crippen MR) is 88.9 cm³/mol. The van der Waals surface area contributed by atoms with Crippen molar-refractivity contribution in [2.45, 2.75) is 56.7 Å². The fourth-order valence-electron chi connectivity index (χ4n) is 4.55. The molecule has 0 saturated carbocycles. The molecule has 5 atom stereocenters. The van der Waals surface area contributed by atoms with E-state index in [2.05, 4.69) is 14.0 Å². The van der Waals surface area contributed by atoms with Gasteiger partial charge in [-0.25, -0.2) is 0 Å². The van der Waals surface area contributed by atoms with Crippen molar-refractivity contribution in [2.24, 2.45) is 0 Å². The Hall–Kier alpha value is -1.10. The number of nitrogens with zero attached hydrogens (tertiary/aromatic N) is 1. The van der Waals surface area contributed by atoms with Crippen molar-refractivity contribution in [1.29, 1.82) is 0 Å². The van der Waals surface area contributed by atoms with Gasteiger partial charge in [-0.3, -0.25) is 4.79 Å². The first-order chi connectivity index (χ1) is 11.1. The van der Waals surface area contributed by atoms with Crippen molar-refractivity contribution >= 4 is 5.97 Å². The van der Waals surface area contributed by atoms with Crippen molar-refractivity contribution < 1.29 is 31.5 Å². The molecule has 3 unspecified atom stereocenters. The molecule has 0 aliphatic carbocycles. The summed E-state index contributed by atoms with van der Waals surface area (Å²) in [6.07, 6.45) is 4.41. The maximum absolute atomic E-state index is 12.5. The second-order valence-electron chi connectivity index (χ2n) is 7.22. The van der Waals surface area contributed by atoms with E-state index >= 15 is 0 Å². The van der Waals surface area contributed by atoms with E-state index in [0.717, 1.165) is 29.4 Å². The van der Waals surface area contributed by atoms with Crippen LogP contribution in [0.5, 0.6) is 0 Å². The number of benzene rings is 1. The first-order valence-electron chi connectivity index (χ1n) is 8.79. The number of quaternary nitrogens is 1. The molecule has 2 aliphatic heterocycles. The van der Waals surface area contributed by atoms with Gasteiger partial charge in [-0.1, -0.05) is 30.3 Å². The van der Waals surface area contributed by atoms with Gasteiger partial charge < -0.3 is 26.7 Å². The highest BCUT2D eigenvalue weighted by molar-refractivity contribution is 5.78. The number of hydrogen-bond acceptors (Lipinski definition) is 3. The van der Waals surface area contributed by atoms with Crippen LogP contribution in [0.4, 0.5) is 0 Å². The van der Waals surface area contributed by atoms with Gasteiger partial charge in [0, 0.05) is 25.7 Å². The second-order valence-corrected chi connectivity index (χ2v) is 7.22. The number of halogens is 1. The monoisotopic (exact) mass is 353 g/mol. The summed E-state index contributed by atoms with van der Waals surface area (Å²) in [7, 11) is 2.35. The standard InChI is InChI=1S/C19H28NO3.ClH/c1-3-20(2)15-9-10-16(20)12-17(11-15)23-19(22)18(13-21)14-7-5-4-6-8-14;/h4-8,15-18,21H,3,9-13H2,1-2H3;1H/q+1;/p-1/t15-,16+,17?,18?,20?;. The van der Waals surface area contributed by atoms with E-state index in [1.807, 2.05) is 30.3 Å². The Bertz CT molecular complexity index is 537. The third-order valence-corrected chi connectivity index (χ3v) is 6.20. The van der Waals surface area contributed by atoms with Crippen LogP contribution in [0.2, 0.25) is 0 Å². The number of ether oxygens (including phenoxy) is 1. The van der Waals surface area contributed by atoms with E-state index in [0.29, 0.717) is 12.1 Å². The van der Waals surface area contributed by atoms with Gasteiger partial charge in [0.05, 0.1) is 32.3 Å². The minimum Gasteiger partial charge on any atom is -1.00 e. The molecule has 1 aromatic rings. The Morgan fingerprint density at radius 3 is 2.33 bits per heavy atom. The molecule has 2 bridgehead atoms. The Labute approximate surface area is 150 Å². The van der Waals surface area contributed by atoms with Crippen molar-refractivity contribution in [3.05, 3.63) is 35.9 Å². The molecule has 1 aromatic carbocycles. The van der Waals surface area contributed by atoms with Crippen LogP contribution >= 0.6 is 0 Å². The Kier molecular flexibility index (Phi) is 6.29. The van der Waals surface area contributed by atoms with E-state index in [1.54, 1.807) is 0 Å². The number of aliphatic hydroxyl groups excluding tert-OH is 1. The summed E-state index contributed by atoms with van der Waals surface area (Å²) in [4.78, 5) is 12.5. The average Bonchev–Trinajstić information content (AvgIpc) is 2.74. The lowest BCUT2D eigenvalue weighted by Gasteiger charge is -2.46. The first-order valence-corrected chi connectivity index (χ1v) is 8.79. The maximum Gasteiger partial charge on any atom is 0.316 e. The predicted octanol–water partition coefficient (Wildman–Crippen LogP) is -0.530. The van der Waals surface area contributed by atoms with Crippen LogP contribution in [-0.2, 0) is 9.53 Å². The molecule has 4 nitrogen and oxygen atoms in total. The summed E-state index contributed by atoms with van der Waals surface area (Å²) in [5.74, 6) is -0.849. The molecule has 0 aromatic heterocycles. The molecule has 2 aliphatic rings. The van der Waals surface area contributed by atoms with E-state index < -0.39 is 5.92 Å². The largest absolute Gasteiger partial charge is 1.00 e. The van der Waals surface area contributed by atoms with Crippen LogP contribution in [0.25, 0.3) is 0 Å². The lowest BCUT2D eigenvalue weighted by Crippen LogP contribution is -3.00. The molecule has 0 spiro atoms. The third-order valence-electron chi connectivity index (χ3n) is 6.20. The van der Waals surface area contributed by atoms with Crippen molar-refractivity contribution in [3.63, 3.8) is 0 Å². The molecule has 2 fully saturated rings. The zero-order valence-electron chi connectivity index (χ0n) is 14.5. The summed E-state index contributed by atoms with van der Waals surface area (Å²) >= 11 is 0. The second kappa shape index (κ2) is 7.85. The average molecular weight is 354 g/mol. The Morgan fingerprint density at radius 1 is 1.25 bits per heavy atom. The van der Waals surface area contributed by atoms with Crippen LogP contribution in [0.1, 0.15) is 44.1 Å². The van der Waals surface area contributed by atoms with E-state index in [4.69, 9.17) is 4.74 Å². The highest BCUT2D eigenvalue weighted by Gasteiger charge is 2.51. The SMILES string of the molecule is CC[N+]1(C)[C@@H]2CC[C@H]1CC(OC(=O)C(CO)c1ccccc1)C2.[Cl-]. The summed E-state index contributed by atoms with van der Waals surface area (Å²) < 4.78 is 6.94. The molecule has 0 amide bonds. The molecular weight excluding hydrogens is 326 g/mol. The van der Waals surface area contributed by atoms with Crippen molar-refractivity contribution in [1.82, 2.24) is 0 Å². The van der Waals surface area contributed by atoms with Crippen LogP contribution in [0.15, 0.2) is 30.3 Å². The number of esters is 1. The van der Waals surface area contributed by atoms with Gasteiger partial charge in [-0.15, -0.1) is 0 Å². The quantitative estimate of drug-likeness (QED) is 0.572. The van der Waals surface area contributed by atoms with Crippen LogP contribution < -0.4 is 12.4 Å². The highest BCUT2D eigenvalue weighted by Crippen LogP contribution is 2.42. The fraction of sp³-hybridized carbons (Fsp3) is 0.632. The summed E-state index contributed by atoms with van der Waals surface area (Å²) in [6.45, 7) is 3.21. The van der Waals surface area contributed by atoms with Gasteiger partial charge in [0.2, 0.25) is 0 Å². The lowest BCUT2D eigenvalue weighted by molar-refractivity contribution is -0.947. The van der Waals surface area contributed by atoms with Crippen LogP contribution in [0.3, 0.4) is 0 Å². The van der Waals surface area contributed by atoms with Gasteiger partial charge in [0.15, 0.2) is 0 Å². The molecule has 3 rings (SSSR count). The summed E-state index contributed by atoms with van der Waals surface area (Å²) in [5.41, 5.74) is 0.827. The summed E-state index contributed by atoms with van der Waals surface area (Å²) in [5, 5.41) is 9.61. The van der Waals surface area contributed by atoms with E-state index in [9.17, 15) is 9.90 Å². The van der Waals surface area contributed by atoms with Crippen LogP contribution in [0, 0.1) is 0 Å². The lowest BCUT2D eigenvalue weighted by atomic mass is 9.96. The topological polar surface area (TPSA) is 46.5 Å². The smallest absolute Gasteiger partial charge is 0.316 e. The molecule has 1 N–H and O–H groups in total. The zero-order valence-corrected chi connectivity index (χ0v) is 15.3. The van der Waals surface area contributed by atoms with Gasteiger partial charge in [0.25, 0.3) is 0 Å². The summed E-state index contributed by atoms with van der Waals surface area (Å²) in [6, 6.07) is 10.6. The van der Waals surface area contributed by atoms with Gasteiger partial charge >= 0.3 is 5.97 Å². The normalized spacial score (nSPS) is 32.7. The minimum absolute atomic E-state index is 0. The number of carbonyl (C=O) groups excluding carboxylic acids is 1. The molecule has 24 heavy (non-hydrogen) atoms.